The van der Waals surface area contributed by atoms with E-state index in [0.717, 1.165) is 12.8 Å². The molecule has 0 aliphatic heterocycles. The Kier molecular flexibility index (Phi) is 3.07. The summed E-state index contributed by atoms with van der Waals surface area (Å²) in [6, 6.07) is 0. The first-order valence-corrected chi connectivity index (χ1v) is 4.77. The van der Waals surface area contributed by atoms with Crippen molar-refractivity contribution in [2.24, 2.45) is 11.8 Å². The molecule has 3 atom stereocenters. The highest BCUT2D eigenvalue weighted by atomic mass is 16.5. The topological polar surface area (TPSA) is 43.4 Å². The van der Waals surface area contributed by atoms with Crippen molar-refractivity contribution in [1.82, 2.24) is 0 Å². The van der Waals surface area contributed by atoms with Gasteiger partial charge >= 0.3 is 5.97 Å². The van der Waals surface area contributed by atoms with Gasteiger partial charge in [-0.2, -0.15) is 0 Å². The van der Waals surface area contributed by atoms with Crippen LogP contribution in [0.25, 0.3) is 0 Å². The van der Waals surface area contributed by atoms with Crippen LogP contribution in [-0.2, 0) is 14.3 Å². The number of hydrogen-bond donors (Lipinski definition) is 0. The third-order valence-electron chi connectivity index (χ3n) is 2.54. The number of carbonyl (C=O) groups excluding carboxylic acids is 2. The molecule has 1 rings (SSSR count). The zero-order valence-corrected chi connectivity index (χ0v) is 8.37. The van der Waals surface area contributed by atoms with Crippen LogP contribution in [0.5, 0.6) is 0 Å². The minimum atomic E-state index is -0.170. The molecule has 13 heavy (non-hydrogen) atoms. The van der Waals surface area contributed by atoms with E-state index >= 15 is 0 Å². The molecule has 0 heterocycles. The van der Waals surface area contributed by atoms with E-state index in [1.807, 2.05) is 13.8 Å². The van der Waals surface area contributed by atoms with Crippen molar-refractivity contribution in [2.75, 3.05) is 0 Å². The van der Waals surface area contributed by atoms with E-state index in [9.17, 15) is 9.59 Å². The van der Waals surface area contributed by atoms with Crippen LogP contribution in [0.4, 0.5) is 0 Å². The van der Waals surface area contributed by atoms with Gasteiger partial charge in [0.2, 0.25) is 0 Å². The van der Waals surface area contributed by atoms with E-state index < -0.39 is 0 Å². The average molecular weight is 184 g/mol. The molecular formula is C10H16O3. The van der Waals surface area contributed by atoms with E-state index in [1.165, 1.54) is 0 Å². The molecule has 3 unspecified atom stereocenters. The van der Waals surface area contributed by atoms with Crippen molar-refractivity contribution < 1.29 is 14.3 Å². The Morgan fingerprint density at radius 3 is 2.54 bits per heavy atom. The molecule has 0 amide bonds. The molecule has 0 bridgehead atoms. The summed E-state index contributed by atoms with van der Waals surface area (Å²) in [4.78, 5) is 22.1. The first-order valence-electron chi connectivity index (χ1n) is 4.77. The smallest absolute Gasteiger partial charge is 0.308 e. The first kappa shape index (κ1) is 10.2. The number of Topliss-reactive ketones (excluding diaryl/α,β-unsaturated/α-hetero) is 1. The lowest BCUT2D eigenvalue weighted by Gasteiger charge is -2.07. The van der Waals surface area contributed by atoms with Crippen LogP contribution in [0.2, 0.25) is 0 Å². The summed E-state index contributed by atoms with van der Waals surface area (Å²) in [5.74, 6) is -0.112. The lowest BCUT2D eigenvalue weighted by molar-refractivity contribution is -0.150. The van der Waals surface area contributed by atoms with Crippen LogP contribution in [0.1, 0.15) is 33.6 Å². The SMILES string of the molecule is CCC(C)C(=O)OC1CC1C(C)=O. The second-order valence-corrected chi connectivity index (χ2v) is 3.74. The Morgan fingerprint density at radius 2 is 2.15 bits per heavy atom. The summed E-state index contributed by atoms with van der Waals surface area (Å²) in [6.45, 7) is 5.33. The third-order valence-corrected chi connectivity index (χ3v) is 2.54. The van der Waals surface area contributed by atoms with Crippen LogP contribution in [0.3, 0.4) is 0 Å². The largest absolute Gasteiger partial charge is 0.461 e. The highest BCUT2D eigenvalue weighted by Crippen LogP contribution is 2.35. The Hall–Kier alpha value is -0.860. The predicted molar refractivity (Wildman–Crippen MR) is 48.1 cm³/mol. The fraction of sp³-hybridized carbons (Fsp3) is 0.800. The summed E-state index contributed by atoms with van der Waals surface area (Å²) in [7, 11) is 0. The van der Waals surface area contributed by atoms with Crippen LogP contribution >= 0.6 is 0 Å². The van der Waals surface area contributed by atoms with Gasteiger partial charge in [-0.3, -0.25) is 9.59 Å². The molecule has 0 aromatic carbocycles. The predicted octanol–water partition coefficient (Wildman–Crippen LogP) is 1.55. The van der Waals surface area contributed by atoms with Crippen LogP contribution in [-0.4, -0.2) is 17.9 Å². The number of esters is 1. The van der Waals surface area contributed by atoms with Crippen molar-refractivity contribution in [3.8, 4) is 0 Å². The van der Waals surface area contributed by atoms with Gasteiger partial charge in [0.25, 0.3) is 0 Å². The number of rotatable bonds is 4. The summed E-state index contributed by atoms with van der Waals surface area (Å²) < 4.78 is 5.13. The lowest BCUT2D eigenvalue weighted by Crippen LogP contribution is -2.16. The van der Waals surface area contributed by atoms with E-state index in [4.69, 9.17) is 4.74 Å². The monoisotopic (exact) mass is 184 g/mol. The highest BCUT2D eigenvalue weighted by Gasteiger charge is 2.44. The second-order valence-electron chi connectivity index (χ2n) is 3.74. The van der Waals surface area contributed by atoms with Gasteiger partial charge in [0.05, 0.1) is 11.8 Å². The summed E-state index contributed by atoms with van der Waals surface area (Å²) >= 11 is 0. The van der Waals surface area contributed by atoms with Crippen molar-refractivity contribution in [3.63, 3.8) is 0 Å². The fourth-order valence-electron chi connectivity index (χ4n) is 1.16. The van der Waals surface area contributed by atoms with Gasteiger partial charge in [-0.25, -0.2) is 0 Å². The van der Waals surface area contributed by atoms with Crippen LogP contribution in [0, 0.1) is 11.8 Å². The molecule has 0 aromatic rings. The molecule has 0 saturated heterocycles. The Morgan fingerprint density at radius 1 is 1.54 bits per heavy atom. The minimum Gasteiger partial charge on any atom is -0.461 e. The lowest BCUT2D eigenvalue weighted by atomic mass is 10.1. The highest BCUT2D eigenvalue weighted by molar-refractivity contribution is 5.82. The van der Waals surface area contributed by atoms with E-state index in [2.05, 4.69) is 0 Å². The minimum absolute atomic E-state index is 0.0204. The molecular weight excluding hydrogens is 168 g/mol. The molecule has 3 heteroatoms. The quantitative estimate of drug-likeness (QED) is 0.623. The fourth-order valence-corrected chi connectivity index (χ4v) is 1.16. The standard InChI is InChI=1S/C10H16O3/c1-4-6(2)10(12)13-9-5-8(9)7(3)11/h6,8-9H,4-5H2,1-3H3. The maximum Gasteiger partial charge on any atom is 0.308 e. The number of ether oxygens (including phenoxy) is 1. The molecule has 3 nitrogen and oxygen atoms in total. The van der Waals surface area contributed by atoms with E-state index in [-0.39, 0.29) is 29.7 Å². The maximum absolute atomic E-state index is 11.3. The zero-order valence-electron chi connectivity index (χ0n) is 8.37. The Balaban J connectivity index is 2.28. The van der Waals surface area contributed by atoms with E-state index in [1.54, 1.807) is 6.92 Å². The van der Waals surface area contributed by atoms with Gasteiger partial charge in [0.15, 0.2) is 0 Å². The molecule has 0 spiro atoms. The van der Waals surface area contributed by atoms with E-state index in [0.29, 0.717) is 0 Å². The van der Waals surface area contributed by atoms with Crippen molar-refractivity contribution >= 4 is 11.8 Å². The molecule has 1 fully saturated rings. The number of ketones is 1. The maximum atomic E-state index is 11.3. The molecule has 0 radical (unpaired) electrons. The van der Waals surface area contributed by atoms with Crippen molar-refractivity contribution in [2.45, 2.75) is 39.7 Å². The Bertz CT molecular complexity index is 222. The third kappa shape index (κ3) is 2.54. The molecule has 0 aromatic heterocycles. The molecule has 0 N–H and O–H groups in total. The first-order chi connectivity index (χ1) is 6.06. The van der Waals surface area contributed by atoms with Crippen LogP contribution < -0.4 is 0 Å². The van der Waals surface area contributed by atoms with Crippen molar-refractivity contribution in [1.29, 1.82) is 0 Å². The zero-order chi connectivity index (χ0) is 10.0. The van der Waals surface area contributed by atoms with Gasteiger partial charge in [0.1, 0.15) is 11.9 Å². The van der Waals surface area contributed by atoms with Gasteiger partial charge in [-0.05, 0) is 19.8 Å². The molecule has 1 aliphatic carbocycles. The van der Waals surface area contributed by atoms with Gasteiger partial charge < -0.3 is 4.74 Å². The molecule has 1 saturated carbocycles. The normalized spacial score (nSPS) is 27.9. The van der Waals surface area contributed by atoms with Gasteiger partial charge in [-0.1, -0.05) is 13.8 Å². The molecule has 74 valence electrons. The van der Waals surface area contributed by atoms with Gasteiger partial charge in [-0.15, -0.1) is 0 Å². The second kappa shape index (κ2) is 3.90. The number of carbonyl (C=O) groups is 2. The number of hydrogen-bond acceptors (Lipinski definition) is 3. The van der Waals surface area contributed by atoms with Crippen LogP contribution in [0.15, 0.2) is 0 Å². The average Bonchev–Trinajstić information content (AvgIpc) is 2.82. The van der Waals surface area contributed by atoms with Gasteiger partial charge in [0, 0.05) is 0 Å². The summed E-state index contributed by atoms with van der Waals surface area (Å²) in [5.41, 5.74) is 0. The summed E-state index contributed by atoms with van der Waals surface area (Å²) in [5, 5.41) is 0. The van der Waals surface area contributed by atoms with Crippen molar-refractivity contribution in [3.05, 3.63) is 0 Å². The Labute approximate surface area is 78.5 Å². The summed E-state index contributed by atoms with van der Waals surface area (Å²) in [6.07, 6.45) is 1.38. The molecule has 1 aliphatic rings.